The summed E-state index contributed by atoms with van der Waals surface area (Å²) in [5.41, 5.74) is 0.890. The van der Waals surface area contributed by atoms with Crippen molar-refractivity contribution >= 4 is 49.9 Å². The fourth-order valence-electron chi connectivity index (χ4n) is 1.86. The third-order valence-electron chi connectivity index (χ3n) is 2.73. The quantitative estimate of drug-likeness (QED) is 0.839. The number of anilines is 1. The highest BCUT2D eigenvalue weighted by atomic mass is 79.9. The van der Waals surface area contributed by atoms with E-state index in [1.807, 2.05) is 13.0 Å². The fourth-order valence-corrected chi connectivity index (χ4v) is 3.06. The molecule has 0 bridgehead atoms. The van der Waals surface area contributed by atoms with Gasteiger partial charge >= 0.3 is 0 Å². The topological polar surface area (TPSA) is 54.9 Å². The van der Waals surface area contributed by atoms with E-state index in [4.69, 9.17) is 11.6 Å². The van der Waals surface area contributed by atoms with E-state index in [-0.39, 0.29) is 11.8 Å². The summed E-state index contributed by atoms with van der Waals surface area (Å²) in [6, 6.07) is 1.92. The Kier molecular flexibility index (Phi) is 5.51. The van der Waals surface area contributed by atoms with Crippen LogP contribution in [0.25, 0.3) is 0 Å². The number of aromatic nitrogens is 2. The number of halogens is 2. The van der Waals surface area contributed by atoms with Crippen molar-refractivity contribution in [2.24, 2.45) is 0 Å². The molecule has 0 fully saturated rings. The largest absolute Gasteiger partial charge is 0.301 e. The Balaban J connectivity index is 2.17. The molecule has 1 unspecified atom stereocenters. The Morgan fingerprint density at radius 3 is 2.90 bits per heavy atom. The van der Waals surface area contributed by atoms with Gasteiger partial charge in [0, 0.05) is 16.9 Å². The smallest absolute Gasteiger partial charge is 0.233 e. The normalized spacial score (nSPS) is 12.2. The molecule has 2 aromatic heterocycles. The highest BCUT2D eigenvalue weighted by Gasteiger charge is 2.21. The first-order valence-corrected chi connectivity index (χ1v) is 8.11. The molecule has 0 aliphatic heterocycles. The van der Waals surface area contributed by atoms with Crippen molar-refractivity contribution in [2.75, 3.05) is 5.32 Å². The second-order valence-electron chi connectivity index (χ2n) is 4.24. The Bertz CT molecular complexity index is 605. The van der Waals surface area contributed by atoms with Crippen LogP contribution >= 0.6 is 38.9 Å². The van der Waals surface area contributed by atoms with Gasteiger partial charge in [0.05, 0.1) is 12.1 Å². The third kappa shape index (κ3) is 4.01. The van der Waals surface area contributed by atoms with Crippen molar-refractivity contribution in [1.29, 1.82) is 0 Å². The minimum Gasteiger partial charge on any atom is -0.301 e. The fraction of sp³-hybridized carbons (Fsp3) is 0.308. The molecule has 106 valence electrons. The molecule has 2 aromatic rings. The number of pyridine rings is 1. The van der Waals surface area contributed by atoms with Crippen LogP contribution in [-0.2, 0) is 4.79 Å². The molecule has 2 heterocycles. The van der Waals surface area contributed by atoms with Gasteiger partial charge in [0.15, 0.2) is 5.13 Å². The van der Waals surface area contributed by atoms with Crippen LogP contribution < -0.4 is 5.32 Å². The van der Waals surface area contributed by atoms with E-state index in [0.717, 1.165) is 22.9 Å². The first-order chi connectivity index (χ1) is 9.60. The molecule has 0 radical (unpaired) electrons. The molecule has 4 nitrogen and oxygen atoms in total. The lowest BCUT2D eigenvalue weighted by Crippen LogP contribution is -2.21. The molecule has 1 atom stereocenters. The number of amides is 1. The number of carbonyl (C=O) groups excluding carboxylic acids is 1. The summed E-state index contributed by atoms with van der Waals surface area (Å²) < 4.78 is 1.41. The second kappa shape index (κ2) is 7.15. The Hall–Kier alpha value is -0.980. The van der Waals surface area contributed by atoms with Gasteiger partial charge in [0.25, 0.3) is 0 Å². The van der Waals surface area contributed by atoms with E-state index >= 15 is 0 Å². The zero-order valence-corrected chi connectivity index (χ0v) is 13.9. The van der Waals surface area contributed by atoms with Gasteiger partial charge in [0.2, 0.25) is 5.91 Å². The lowest BCUT2D eigenvalue weighted by Gasteiger charge is -2.15. The van der Waals surface area contributed by atoms with Gasteiger partial charge in [-0.05, 0) is 34.0 Å². The zero-order valence-electron chi connectivity index (χ0n) is 10.8. The molecule has 0 aliphatic carbocycles. The van der Waals surface area contributed by atoms with E-state index in [1.54, 1.807) is 12.4 Å². The van der Waals surface area contributed by atoms with Crippen LogP contribution in [0.5, 0.6) is 0 Å². The summed E-state index contributed by atoms with van der Waals surface area (Å²) >= 11 is 10.4. The average molecular weight is 375 g/mol. The van der Waals surface area contributed by atoms with E-state index in [2.05, 4.69) is 31.2 Å². The van der Waals surface area contributed by atoms with E-state index in [0.29, 0.717) is 9.47 Å². The van der Waals surface area contributed by atoms with E-state index in [9.17, 15) is 4.79 Å². The van der Waals surface area contributed by atoms with Crippen LogP contribution in [0.1, 0.15) is 31.2 Å². The maximum Gasteiger partial charge on any atom is 0.233 e. The van der Waals surface area contributed by atoms with Gasteiger partial charge in [-0.25, -0.2) is 4.98 Å². The van der Waals surface area contributed by atoms with Crippen LogP contribution in [-0.4, -0.2) is 15.9 Å². The minimum atomic E-state index is -0.243. The Morgan fingerprint density at radius 2 is 2.30 bits per heavy atom. The van der Waals surface area contributed by atoms with Crippen molar-refractivity contribution in [1.82, 2.24) is 9.97 Å². The van der Waals surface area contributed by atoms with Crippen LogP contribution in [0.4, 0.5) is 5.13 Å². The molecule has 1 N–H and O–H groups in total. The summed E-state index contributed by atoms with van der Waals surface area (Å²) in [6.45, 7) is 2.05. The Morgan fingerprint density at radius 1 is 1.50 bits per heavy atom. The SMILES string of the molecule is CCCC(C(=O)Nc1ncc(Cl)s1)c1cncc(Br)c1. The van der Waals surface area contributed by atoms with Crippen molar-refractivity contribution in [3.8, 4) is 0 Å². The zero-order chi connectivity index (χ0) is 14.5. The molecule has 0 saturated carbocycles. The third-order valence-corrected chi connectivity index (χ3v) is 4.19. The van der Waals surface area contributed by atoms with Crippen LogP contribution in [0.15, 0.2) is 29.1 Å². The number of nitrogens with one attached hydrogen (secondary N) is 1. The molecule has 0 saturated heterocycles. The van der Waals surface area contributed by atoms with Crippen molar-refractivity contribution in [3.05, 3.63) is 39.0 Å². The number of hydrogen-bond donors (Lipinski definition) is 1. The number of rotatable bonds is 5. The molecule has 7 heteroatoms. The summed E-state index contributed by atoms with van der Waals surface area (Å²) in [4.78, 5) is 20.6. The lowest BCUT2D eigenvalue weighted by molar-refractivity contribution is -0.117. The van der Waals surface area contributed by atoms with Crippen molar-refractivity contribution in [2.45, 2.75) is 25.7 Å². The standard InChI is InChI=1S/C13H13BrClN3OS/c1-2-3-10(8-4-9(14)6-16-5-8)12(19)18-13-17-7-11(15)20-13/h4-7,10H,2-3H2,1H3,(H,17,18,19). The maximum atomic E-state index is 12.4. The summed E-state index contributed by atoms with van der Waals surface area (Å²) in [6.07, 6.45) is 6.61. The molecule has 0 spiro atoms. The van der Waals surface area contributed by atoms with Crippen LogP contribution in [0, 0.1) is 0 Å². The lowest BCUT2D eigenvalue weighted by atomic mass is 9.95. The minimum absolute atomic E-state index is 0.0854. The molecule has 2 rings (SSSR count). The predicted octanol–water partition coefficient (Wildman–Crippen LogP) is 4.48. The average Bonchev–Trinajstić information content (AvgIpc) is 2.81. The molecule has 1 amide bonds. The van der Waals surface area contributed by atoms with Gasteiger partial charge < -0.3 is 5.32 Å². The first-order valence-electron chi connectivity index (χ1n) is 6.12. The van der Waals surface area contributed by atoms with Gasteiger partial charge in [-0.1, -0.05) is 36.3 Å². The number of hydrogen-bond acceptors (Lipinski definition) is 4. The first kappa shape index (κ1) is 15.4. The number of nitrogens with zero attached hydrogens (tertiary/aromatic N) is 2. The summed E-state index contributed by atoms with van der Waals surface area (Å²) in [5, 5.41) is 3.32. The van der Waals surface area contributed by atoms with Gasteiger partial charge in [0.1, 0.15) is 4.34 Å². The second-order valence-corrected chi connectivity index (χ2v) is 6.81. The van der Waals surface area contributed by atoms with Gasteiger partial charge in [-0.3, -0.25) is 9.78 Å². The van der Waals surface area contributed by atoms with Gasteiger partial charge in [-0.2, -0.15) is 0 Å². The molecule has 20 heavy (non-hydrogen) atoms. The maximum absolute atomic E-state index is 12.4. The molecule has 0 aromatic carbocycles. The van der Waals surface area contributed by atoms with Gasteiger partial charge in [-0.15, -0.1) is 0 Å². The summed E-state index contributed by atoms with van der Waals surface area (Å²) in [5.74, 6) is -0.328. The highest BCUT2D eigenvalue weighted by molar-refractivity contribution is 9.10. The number of thiazole rings is 1. The summed E-state index contributed by atoms with van der Waals surface area (Å²) in [7, 11) is 0. The molecule has 0 aliphatic rings. The van der Waals surface area contributed by atoms with E-state index < -0.39 is 0 Å². The van der Waals surface area contributed by atoms with Crippen LogP contribution in [0.3, 0.4) is 0 Å². The number of carbonyl (C=O) groups is 1. The molecular weight excluding hydrogens is 362 g/mol. The monoisotopic (exact) mass is 373 g/mol. The predicted molar refractivity (Wildman–Crippen MR) is 85.3 cm³/mol. The molecular formula is C13H13BrClN3OS. The highest BCUT2D eigenvalue weighted by Crippen LogP contribution is 2.27. The Labute approximate surface area is 134 Å². The van der Waals surface area contributed by atoms with E-state index in [1.165, 1.54) is 17.5 Å². The van der Waals surface area contributed by atoms with Crippen molar-refractivity contribution < 1.29 is 4.79 Å². The van der Waals surface area contributed by atoms with Crippen molar-refractivity contribution in [3.63, 3.8) is 0 Å². The van der Waals surface area contributed by atoms with Crippen LogP contribution in [0.2, 0.25) is 4.34 Å².